The topological polar surface area (TPSA) is 20.3 Å². The fraction of sp³-hybridized carbons (Fsp3) is 0.154. The number of benzene rings is 1. The van der Waals surface area contributed by atoms with Crippen LogP contribution in [0.2, 0.25) is 0 Å². The second kappa shape index (κ2) is 5.79. The van der Waals surface area contributed by atoms with Crippen molar-refractivity contribution in [3.05, 3.63) is 55.5 Å². The number of carbonyl (C=O) groups is 1. The van der Waals surface area contributed by atoms with Gasteiger partial charge in [0.15, 0.2) is 0 Å². The van der Waals surface area contributed by atoms with Crippen molar-refractivity contribution < 1.29 is 9.18 Å². The molecule has 0 aliphatic heterocycles. The van der Waals surface area contributed by atoms with Crippen LogP contribution in [0.1, 0.15) is 15.9 Å². The van der Waals surface area contributed by atoms with E-state index in [-0.39, 0.29) is 11.7 Å². The van der Waals surface area contributed by atoms with Gasteiger partial charge in [0, 0.05) is 19.0 Å². The van der Waals surface area contributed by atoms with E-state index < -0.39 is 0 Å². The first-order chi connectivity index (χ1) is 8.56. The summed E-state index contributed by atoms with van der Waals surface area (Å²) in [5.74, 6) is -0.322. The molecule has 0 saturated carbocycles. The predicted molar refractivity (Wildman–Crippen MR) is 79.2 cm³/mol. The number of halogens is 2. The number of amides is 1. The highest BCUT2D eigenvalue weighted by Gasteiger charge is 2.13. The molecule has 0 N–H and O–H groups in total. The standard InChI is InChI=1S/C13H11FINOS/c1-16(7-9-3-2-4-11(14)5-9)13(17)10-6-12(15)18-8-10/h2-6,8H,7H2,1H3. The maximum atomic E-state index is 13.0. The maximum absolute atomic E-state index is 13.0. The van der Waals surface area contributed by atoms with Gasteiger partial charge < -0.3 is 4.90 Å². The van der Waals surface area contributed by atoms with Gasteiger partial charge in [-0.2, -0.15) is 0 Å². The summed E-state index contributed by atoms with van der Waals surface area (Å²) in [7, 11) is 1.72. The summed E-state index contributed by atoms with van der Waals surface area (Å²) >= 11 is 3.72. The Morgan fingerprint density at radius 2 is 2.22 bits per heavy atom. The first-order valence-electron chi connectivity index (χ1n) is 5.30. The molecule has 18 heavy (non-hydrogen) atoms. The van der Waals surface area contributed by atoms with Crippen molar-refractivity contribution in [1.82, 2.24) is 4.90 Å². The second-order valence-electron chi connectivity index (χ2n) is 3.93. The largest absolute Gasteiger partial charge is 0.337 e. The Morgan fingerprint density at radius 1 is 1.44 bits per heavy atom. The third kappa shape index (κ3) is 3.29. The lowest BCUT2D eigenvalue weighted by Crippen LogP contribution is -2.25. The lowest BCUT2D eigenvalue weighted by Gasteiger charge is -2.16. The molecule has 0 unspecified atom stereocenters. The van der Waals surface area contributed by atoms with Crippen LogP contribution in [0.3, 0.4) is 0 Å². The zero-order chi connectivity index (χ0) is 13.1. The quantitative estimate of drug-likeness (QED) is 0.749. The molecule has 0 spiro atoms. The van der Waals surface area contributed by atoms with Gasteiger partial charge in [-0.15, -0.1) is 11.3 Å². The zero-order valence-electron chi connectivity index (χ0n) is 9.69. The number of nitrogens with zero attached hydrogens (tertiary/aromatic N) is 1. The van der Waals surface area contributed by atoms with E-state index in [1.54, 1.807) is 18.0 Å². The summed E-state index contributed by atoms with van der Waals surface area (Å²) in [6.45, 7) is 0.406. The average molecular weight is 375 g/mol. The molecule has 0 saturated heterocycles. The second-order valence-corrected chi connectivity index (χ2v) is 6.74. The number of thiophene rings is 1. The van der Waals surface area contributed by atoms with Crippen LogP contribution in [-0.4, -0.2) is 17.9 Å². The Hall–Kier alpha value is -0.950. The molecule has 94 valence electrons. The van der Waals surface area contributed by atoms with E-state index in [0.717, 1.165) is 8.45 Å². The Bertz CT molecular complexity index is 570. The van der Waals surface area contributed by atoms with Crippen molar-refractivity contribution in [3.63, 3.8) is 0 Å². The van der Waals surface area contributed by atoms with Gasteiger partial charge in [0.2, 0.25) is 0 Å². The van der Waals surface area contributed by atoms with Crippen molar-refractivity contribution in [2.45, 2.75) is 6.54 Å². The minimum Gasteiger partial charge on any atom is -0.337 e. The van der Waals surface area contributed by atoms with Gasteiger partial charge in [-0.25, -0.2) is 4.39 Å². The van der Waals surface area contributed by atoms with Crippen molar-refractivity contribution in [2.75, 3.05) is 7.05 Å². The number of rotatable bonds is 3. The summed E-state index contributed by atoms with van der Waals surface area (Å²) in [6, 6.07) is 8.16. The third-order valence-electron chi connectivity index (χ3n) is 2.47. The van der Waals surface area contributed by atoms with E-state index in [9.17, 15) is 9.18 Å². The molecule has 0 radical (unpaired) electrons. The van der Waals surface area contributed by atoms with Crippen LogP contribution >= 0.6 is 33.9 Å². The first kappa shape index (κ1) is 13.5. The van der Waals surface area contributed by atoms with Crippen LogP contribution in [0.4, 0.5) is 4.39 Å². The minimum atomic E-state index is -0.279. The molecule has 0 aliphatic carbocycles. The average Bonchev–Trinajstić information content (AvgIpc) is 2.75. The zero-order valence-corrected chi connectivity index (χ0v) is 12.7. The van der Waals surface area contributed by atoms with Crippen molar-refractivity contribution in [2.24, 2.45) is 0 Å². The molecule has 1 amide bonds. The minimum absolute atomic E-state index is 0.0431. The lowest BCUT2D eigenvalue weighted by molar-refractivity contribution is 0.0785. The van der Waals surface area contributed by atoms with Crippen molar-refractivity contribution in [1.29, 1.82) is 0 Å². The third-order valence-corrected chi connectivity index (χ3v) is 4.26. The molecular weight excluding hydrogens is 364 g/mol. The Labute approximate surface area is 123 Å². The fourth-order valence-corrected chi connectivity index (χ4v) is 2.94. The van der Waals surface area contributed by atoms with Crippen LogP contribution in [0.5, 0.6) is 0 Å². The molecular formula is C13H11FINOS. The monoisotopic (exact) mass is 375 g/mol. The molecule has 0 atom stereocenters. The van der Waals surface area contributed by atoms with E-state index in [4.69, 9.17) is 0 Å². The molecule has 0 aliphatic rings. The Balaban J connectivity index is 2.08. The van der Waals surface area contributed by atoms with Crippen molar-refractivity contribution >= 4 is 39.8 Å². The highest BCUT2D eigenvalue weighted by atomic mass is 127. The van der Waals surface area contributed by atoms with Crippen LogP contribution in [0, 0.1) is 8.70 Å². The summed E-state index contributed by atoms with van der Waals surface area (Å²) in [6.07, 6.45) is 0. The van der Waals surface area contributed by atoms with Crippen LogP contribution < -0.4 is 0 Å². The van der Waals surface area contributed by atoms with Gasteiger partial charge in [-0.05, 0) is 46.4 Å². The molecule has 2 rings (SSSR count). The summed E-state index contributed by atoms with van der Waals surface area (Å²) in [5.41, 5.74) is 1.47. The summed E-state index contributed by atoms with van der Waals surface area (Å²) in [5, 5.41) is 1.84. The van der Waals surface area contributed by atoms with Crippen LogP contribution in [0.25, 0.3) is 0 Å². The van der Waals surface area contributed by atoms with E-state index in [1.165, 1.54) is 23.5 Å². The SMILES string of the molecule is CN(Cc1cccc(F)c1)C(=O)c1csc(I)c1. The normalized spacial score (nSPS) is 10.4. The smallest absolute Gasteiger partial charge is 0.254 e. The molecule has 1 heterocycles. The van der Waals surface area contributed by atoms with Crippen LogP contribution in [-0.2, 0) is 6.54 Å². The van der Waals surface area contributed by atoms with E-state index in [2.05, 4.69) is 22.6 Å². The van der Waals surface area contributed by atoms with E-state index >= 15 is 0 Å². The first-order valence-corrected chi connectivity index (χ1v) is 7.26. The highest BCUT2D eigenvalue weighted by Crippen LogP contribution is 2.18. The van der Waals surface area contributed by atoms with Gasteiger partial charge in [0.1, 0.15) is 5.82 Å². The molecule has 0 fully saturated rings. The molecule has 5 heteroatoms. The number of hydrogen-bond acceptors (Lipinski definition) is 2. The molecule has 2 aromatic rings. The lowest BCUT2D eigenvalue weighted by atomic mass is 10.2. The van der Waals surface area contributed by atoms with Gasteiger partial charge in [-0.3, -0.25) is 4.79 Å². The highest BCUT2D eigenvalue weighted by molar-refractivity contribution is 14.1. The van der Waals surface area contributed by atoms with E-state index in [1.807, 2.05) is 17.5 Å². The number of hydrogen-bond donors (Lipinski definition) is 0. The Kier molecular flexibility index (Phi) is 4.34. The van der Waals surface area contributed by atoms with Crippen molar-refractivity contribution in [3.8, 4) is 0 Å². The molecule has 1 aromatic carbocycles. The Morgan fingerprint density at radius 3 is 2.83 bits per heavy atom. The maximum Gasteiger partial charge on any atom is 0.254 e. The van der Waals surface area contributed by atoms with Crippen LogP contribution in [0.15, 0.2) is 35.7 Å². The van der Waals surface area contributed by atoms with Gasteiger partial charge in [0.05, 0.1) is 8.45 Å². The fourth-order valence-electron chi connectivity index (χ4n) is 1.62. The van der Waals surface area contributed by atoms with E-state index in [0.29, 0.717) is 12.1 Å². The summed E-state index contributed by atoms with van der Waals surface area (Å²) < 4.78 is 14.1. The number of carbonyl (C=O) groups excluding carboxylic acids is 1. The predicted octanol–water partition coefficient (Wildman–Crippen LogP) is 3.76. The van der Waals surface area contributed by atoms with Gasteiger partial charge in [-0.1, -0.05) is 12.1 Å². The van der Waals surface area contributed by atoms with Gasteiger partial charge >= 0.3 is 0 Å². The molecule has 1 aromatic heterocycles. The molecule has 0 bridgehead atoms. The molecule has 2 nitrogen and oxygen atoms in total. The van der Waals surface area contributed by atoms with Gasteiger partial charge in [0.25, 0.3) is 5.91 Å². The summed E-state index contributed by atoms with van der Waals surface area (Å²) in [4.78, 5) is 13.7.